The largest absolute Gasteiger partial charge is 0.433 e. The van der Waals surface area contributed by atoms with Crippen molar-refractivity contribution in [1.29, 1.82) is 0 Å². The van der Waals surface area contributed by atoms with E-state index < -0.39 is 11.9 Å². The summed E-state index contributed by atoms with van der Waals surface area (Å²) in [7, 11) is 0. The van der Waals surface area contributed by atoms with Crippen LogP contribution in [0.2, 0.25) is 0 Å². The second-order valence-corrected chi connectivity index (χ2v) is 4.19. The van der Waals surface area contributed by atoms with Gasteiger partial charge in [-0.05, 0) is 37.1 Å². The van der Waals surface area contributed by atoms with Crippen molar-refractivity contribution in [1.82, 2.24) is 9.97 Å². The second kappa shape index (κ2) is 4.99. The summed E-state index contributed by atoms with van der Waals surface area (Å²) in [5.41, 5.74) is 1.80. The highest BCUT2D eigenvalue weighted by atomic mass is 19.4. The molecule has 5 heteroatoms. The van der Waals surface area contributed by atoms with Gasteiger partial charge >= 0.3 is 6.18 Å². The van der Waals surface area contributed by atoms with Crippen LogP contribution in [-0.2, 0) is 12.6 Å². The number of aryl methyl sites for hydroxylation is 2. The van der Waals surface area contributed by atoms with Crippen LogP contribution in [0.5, 0.6) is 0 Å². The SMILES string of the molecule is CCc1cccnc1-c1ccc(C(F)(F)F)nc1C. The molecule has 0 bridgehead atoms. The number of hydrogen-bond donors (Lipinski definition) is 0. The van der Waals surface area contributed by atoms with Crippen LogP contribution in [0.3, 0.4) is 0 Å². The summed E-state index contributed by atoms with van der Waals surface area (Å²) in [6.07, 6.45) is -2.02. The van der Waals surface area contributed by atoms with Crippen LogP contribution in [0.25, 0.3) is 11.3 Å². The predicted molar refractivity (Wildman–Crippen MR) is 66.6 cm³/mol. The number of pyridine rings is 2. The summed E-state index contributed by atoms with van der Waals surface area (Å²) < 4.78 is 37.7. The average Bonchev–Trinajstić information content (AvgIpc) is 2.37. The molecule has 0 aliphatic heterocycles. The van der Waals surface area contributed by atoms with Crippen molar-refractivity contribution in [3.63, 3.8) is 0 Å². The number of nitrogens with zero attached hydrogens (tertiary/aromatic N) is 2. The summed E-state index contributed by atoms with van der Waals surface area (Å²) >= 11 is 0. The lowest BCUT2D eigenvalue weighted by molar-refractivity contribution is -0.141. The van der Waals surface area contributed by atoms with Gasteiger partial charge in [-0.1, -0.05) is 13.0 Å². The Morgan fingerprint density at radius 1 is 1.16 bits per heavy atom. The van der Waals surface area contributed by atoms with E-state index >= 15 is 0 Å². The van der Waals surface area contributed by atoms with Gasteiger partial charge in [-0.25, -0.2) is 4.98 Å². The van der Waals surface area contributed by atoms with E-state index in [2.05, 4.69) is 9.97 Å². The van der Waals surface area contributed by atoms with Gasteiger partial charge in [0.25, 0.3) is 0 Å². The minimum absolute atomic E-state index is 0.336. The zero-order valence-corrected chi connectivity index (χ0v) is 10.6. The molecule has 0 radical (unpaired) electrons. The Labute approximate surface area is 109 Å². The predicted octanol–water partition coefficient (Wildman–Crippen LogP) is 4.03. The monoisotopic (exact) mass is 266 g/mol. The number of alkyl halides is 3. The molecule has 0 atom stereocenters. The molecule has 0 saturated carbocycles. The molecule has 0 amide bonds. The van der Waals surface area contributed by atoms with E-state index in [0.717, 1.165) is 18.1 Å². The quantitative estimate of drug-likeness (QED) is 0.820. The summed E-state index contributed by atoms with van der Waals surface area (Å²) in [4.78, 5) is 7.88. The molecular weight excluding hydrogens is 253 g/mol. The first-order valence-corrected chi connectivity index (χ1v) is 5.92. The molecular formula is C14H13F3N2. The molecule has 0 N–H and O–H groups in total. The molecule has 0 unspecified atom stereocenters. The third-order valence-electron chi connectivity index (χ3n) is 2.90. The molecule has 100 valence electrons. The highest BCUT2D eigenvalue weighted by molar-refractivity contribution is 5.65. The van der Waals surface area contributed by atoms with Gasteiger partial charge in [-0.2, -0.15) is 13.2 Å². The Bertz CT molecular complexity index is 591. The van der Waals surface area contributed by atoms with E-state index in [1.807, 2.05) is 19.1 Å². The Kier molecular flexibility index (Phi) is 3.55. The maximum absolute atomic E-state index is 12.6. The fraction of sp³-hybridized carbons (Fsp3) is 0.286. The van der Waals surface area contributed by atoms with E-state index in [9.17, 15) is 13.2 Å². The average molecular weight is 266 g/mol. The first kappa shape index (κ1) is 13.5. The molecule has 19 heavy (non-hydrogen) atoms. The van der Waals surface area contributed by atoms with Crippen molar-refractivity contribution < 1.29 is 13.2 Å². The van der Waals surface area contributed by atoms with Gasteiger partial charge in [0.2, 0.25) is 0 Å². The molecule has 2 heterocycles. The van der Waals surface area contributed by atoms with E-state index in [0.29, 0.717) is 17.0 Å². The lowest BCUT2D eigenvalue weighted by Crippen LogP contribution is -2.09. The van der Waals surface area contributed by atoms with Gasteiger partial charge in [0, 0.05) is 17.5 Å². The third-order valence-corrected chi connectivity index (χ3v) is 2.90. The van der Waals surface area contributed by atoms with Crippen LogP contribution >= 0.6 is 0 Å². The molecule has 2 rings (SSSR count). The van der Waals surface area contributed by atoms with Gasteiger partial charge < -0.3 is 0 Å². The minimum atomic E-state index is -4.42. The van der Waals surface area contributed by atoms with E-state index in [1.165, 1.54) is 6.07 Å². The number of aromatic nitrogens is 2. The van der Waals surface area contributed by atoms with E-state index in [1.54, 1.807) is 13.1 Å². The summed E-state index contributed by atoms with van der Waals surface area (Å²) in [5.74, 6) is 0. The minimum Gasteiger partial charge on any atom is -0.256 e. The van der Waals surface area contributed by atoms with Crippen LogP contribution in [0.1, 0.15) is 23.9 Å². The third kappa shape index (κ3) is 2.75. The summed E-state index contributed by atoms with van der Waals surface area (Å²) in [6.45, 7) is 3.55. The number of rotatable bonds is 2. The van der Waals surface area contributed by atoms with Crippen LogP contribution in [0.4, 0.5) is 13.2 Å². The van der Waals surface area contributed by atoms with Crippen LogP contribution in [0.15, 0.2) is 30.5 Å². The maximum atomic E-state index is 12.6. The topological polar surface area (TPSA) is 25.8 Å². The molecule has 0 fully saturated rings. The highest BCUT2D eigenvalue weighted by Crippen LogP contribution is 2.31. The second-order valence-electron chi connectivity index (χ2n) is 4.19. The summed E-state index contributed by atoms with van der Waals surface area (Å²) in [5, 5.41) is 0. The van der Waals surface area contributed by atoms with Crippen molar-refractivity contribution >= 4 is 0 Å². The molecule has 2 aromatic heterocycles. The van der Waals surface area contributed by atoms with Gasteiger partial charge in [0.15, 0.2) is 0 Å². The zero-order valence-electron chi connectivity index (χ0n) is 10.6. The van der Waals surface area contributed by atoms with E-state index in [4.69, 9.17) is 0 Å². The van der Waals surface area contributed by atoms with Gasteiger partial charge in [0.05, 0.1) is 5.69 Å². The smallest absolute Gasteiger partial charge is 0.256 e. The number of hydrogen-bond acceptors (Lipinski definition) is 2. The fourth-order valence-corrected chi connectivity index (χ4v) is 1.94. The molecule has 2 nitrogen and oxygen atoms in total. The van der Waals surface area contributed by atoms with Crippen molar-refractivity contribution in [2.45, 2.75) is 26.4 Å². The summed E-state index contributed by atoms with van der Waals surface area (Å²) in [6, 6.07) is 6.16. The standard InChI is InChI=1S/C14H13F3N2/c1-3-10-5-4-8-18-13(10)11-6-7-12(14(15,16)17)19-9(11)2/h4-8H,3H2,1-2H3. The molecule has 2 aromatic rings. The lowest BCUT2D eigenvalue weighted by Gasteiger charge is -2.11. The van der Waals surface area contributed by atoms with Crippen LogP contribution < -0.4 is 0 Å². The Morgan fingerprint density at radius 3 is 2.47 bits per heavy atom. The van der Waals surface area contributed by atoms with Crippen molar-refractivity contribution in [2.75, 3.05) is 0 Å². The van der Waals surface area contributed by atoms with Crippen LogP contribution in [0, 0.1) is 6.92 Å². The van der Waals surface area contributed by atoms with Gasteiger partial charge in [-0.15, -0.1) is 0 Å². The first-order valence-electron chi connectivity index (χ1n) is 5.92. The van der Waals surface area contributed by atoms with Crippen molar-refractivity contribution in [2.24, 2.45) is 0 Å². The fourth-order valence-electron chi connectivity index (χ4n) is 1.94. The Morgan fingerprint density at radius 2 is 1.89 bits per heavy atom. The lowest BCUT2D eigenvalue weighted by atomic mass is 10.0. The molecule has 0 spiro atoms. The molecule has 0 aliphatic rings. The maximum Gasteiger partial charge on any atom is 0.433 e. The van der Waals surface area contributed by atoms with Gasteiger partial charge in [-0.3, -0.25) is 4.98 Å². The number of halogens is 3. The normalized spacial score (nSPS) is 11.6. The molecule has 0 aromatic carbocycles. The molecule has 0 aliphatic carbocycles. The Hall–Kier alpha value is -1.91. The first-order chi connectivity index (χ1) is 8.93. The Balaban J connectivity index is 2.53. The molecule has 0 saturated heterocycles. The van der Waals surface area contributed by atoms with Crippen LogP contribution in [-0.4, -0.2) is 9.97 Å². The van der Waals surface area contributed by atoms with Crippen molar-refractivity contribution in [3.05, 3.63) is 47.4 Å². The van der Waals surface area contributed by atoms with Gasteiger partial charge in [0.1, 0.15) is 5.69 Å². The van der Waals surface area contributed by atoms with Crippen molar-refractivity contribution in [3.8, 4) is 11.3 Å². The zero-order chi connectivity index (χ0) is 14.0. The highest BCUT2D eigenvalue weighted by Gasteiger charge is 2.32. The van der Waals surface area contributed by atoms with E-state index in [-0.39, 0.29) is 0 Å².